The van der Waals surface area contributed by atoms with Gasteiger partial charge in [0.25, 0.3) is 5.91 Å². The van der Waals surface area contributed by atoms with E-state index in [1.807, 2.05) is 31.3 Å². The number of nitrogens with one attached hydrogen (secondary N) is 1. The predicted molar refractivity (Wildman–Crippen MR) is 103 cm³/mol. The minimum atomic E-state index is -3.04. The molecule has 1 atom stereocenters. The van der Waals surface area contributed by atoms with E-state index in [0.29, 0.717) is 18.5 Å². The molecule has 0 saturated carbocycles. The molecule has 7 nitrogen and oxygen atoms in total. The molecule has 2 aromatic heterocycles. The number of benzene rings is 1. The highest BCUT2D eigenvalue weighted by Gasteiger charge is 2.34. The fraction of sp³-hybridized carbons (Fsp3) is 0.316. The molecule has 4 rings (SSSR count). The van der Waals surface area contributed by atoms with Crippen LogP contribution in [0.4, 0.5) is 0 Å². The van der Waals surface area contributed by atoms with Crippen LogP contribution in [0.5, 0.6) is 0 Å². The van der Waals surface area contributed by atoms with Gasteiger partial charge >= 0.3 is 0 Å². The van der Waals surface area contributed by atoms with Crippen LogP contribution in [-0.4, -0.2) is 58.3 Å². The standard InChI is InChI=1S/C19H20N4O3S/c1-2-23(15-8-10-27(25,26)11-15)19(24)14-5-3-13(4-6-14)17-16-7-9-20-18(16)22-12-21-17/h3-7,9,12,15H,2,8,10-11H2,1H3,(H,20,21,22)/t15-/m0/s1. The average Bonchev–Trinajstić information content (AvgIpc) is 3.28. The van der Waals surface area contributed by atoms with Crippen molar-refractivity contribution < 1.29 is 13.2 Å². The second-order valence-electron chi connectivity index (χ2n) is 6.69. The smallest absolute Gasteiger partial charge is 0.254 e. The average molecular weight is 384 g/mol. The van der Waals surface area contributed by atoms with Crippen molar-refractivity contribution in [2.24, 2.45) is 0 Å². The van der Waals surface area contributed by atoms with E-state index in [-0.39, 0.29) is 23.5 Å². The second kappa shape index (κ2) is 6.77. The van der Waals surface area contributed by atoms with Crippen LogP contribution in [0.3, 0.4) is 0 Å². The predicted octanol–water partition coefficient (Wildman–Crippen LogP) is 2.27. The monoisotopic (exact) mass is 384 g/mol. The first-order chi connectivity index (χ1) is 13.0. The van der Waals surface area contributed by atoms with Gasteiger partial charge in [-0.1, -0.05) is 12.1 Å². The first-order valence-electron chi connectivity index (χ1n) is 8.88. The van der Waals surface area contributed by atoms with E-state index in [2.05, 4.69) is 15.0 Å². The van der Waals surface area contributed by atoms with Crippen molar-refractivity contribution in [1.29, 1.82) is 0 Å². The van der Waals surface area contributed by atoms with Crippen molar-refractivity contribution in [3.8, 4) is 11.3 Å². The van der Waals surface area contributed by atoms with Gasteiger partial charge in [0.05, 0.1) is 17.2 Å². The molecule has 1 aromatic carbocycles. The number of nitrogens with zero attached hydrogens (tertiary/aromatic N) is 3. The number of aromatic amines is 1. The Labute approximate surface area is 157 Å². The van der Waals surface area contributed by atoms with Gasteiger partial charge in [-0.25, -0.2) is 18.4 Å². The number of carbonyl (C=O) groups is 1. The van der Waals surface area contributed by atoms with Crippen LogP contribution in [0, 0.1) is 0 Å². The molecule has 0 radical (unpaired) electrons. The Kier molecular flexibility index (Phi) is 4.43. The van der Waals surface area contributed by atoms with Gasteiger partial charge in [0.1, 0.15) is 12.0 Å². The van der Waals surface area contributed by atoms with Crippen molar-refractivity contribution in [3.05, 3.63) is 48.4 Å². The van der Waals surface area contributed by atoms with Crippen LogP contribution in [0.1, 0.15) is 23.7 Å². The molecule has 0 bridgehead atoms. The summed E-state index contributed by atoms with van der Waals surface area (Å²) in [7, 11) is -3.04. The van der Waals surface area contributed by atoms with Gasteiger partial charge < -0.3 is 9.88 Å². The van der Waals surface area contributed by atoms with E-state index in [1.165, 1.54) is 6.33 Å². The Balaban J connectivity index is 1.60. The lowest BCUT2D eigenvalue weighted by Gasteiger charge is -2.27. The third kappa shape index (κ3) is 3.32. The van der Waals surface area contributed by atoms with E-state index in [1.54, 1.807) is 17.0 Å². The largest absolute Gasteiger partial charge is 0.346 e. The molecule has 1 saturated heterocycles. The van der Waals surface area contributed by atoms with Crippen molar-refractivity contribution >= 4 is 26.8 Å². The van der Waals surface area contributed by atoms with Gasteiger partial charge in [-0.15, -0.1) is 0 Å². The van der Waals surface area contributed by atoms with E-state index in [0.717, 1.165) is 22.3 Å². The SMILES string of the molecule is CCN(C(=O)c1ccc(-c2ncnc3[nH]ccc23)cc1)[C@H]1CCS(=O)(=O)C1. The Hall–Kier alpha value is -2.74. The van der Waals surface area contributed by atoms with Crippen LogP contribution < -0.4 is 0 Å². The van der Waals surface area contributed by atoms with Crippen molar-refractivity contribution in [1.82, 2.24) is 19.9 Å². The van der Waals surface area contributed by atoms with Crippen LogP contribution in [0.15, 0.2) is 42.9 Å². The Morgan fingerprint density at radius 2 is 2.00 bits per heavy atom. The van der Waals surface area contributed by atoms with Crippen molar-refractivity contribution in [3.63, 3.8) is 0 Å². The van der Waals surface area contributed by atoms with Crippen LogP contribution >= 0.6 is 0 Å². The molecule has 1 amide bonds. The fourth-order valence-corrected chi connectivity index (χ4v) is 5.36. The summed E-state index contributed by atoms with van der Waals surface area (Å²) in [6.07, 6.45) is 3.83. The molecule has 0 unspecified atom stereocenters. The lowest BCUT2D eigenvalue weighted by Crippen LogP contribution is -2.40. The number of fused-ring (bicyclic) bond motifs is 1. The first kappa shape index (κ1) is 17.7. The molecule has 8 heteroatoms. The lowest BCUT2D eigenvalue weighted by atomic mass is 10.1. The zero-order valence-corrected chi connectivity index (χ0v) is 15.7. The zero-order chi connectivity index (χ0) is 19.0. The molecule has 140 valence electrons. The molecule has 0 spiro atoms. The van der Waals surface area contributed by atoms with E-state index in [4.69, 9.17) is 0 Å². The topological polar surface area (TPSA) is 96.0 Å². The highest BCUT2D eigenvalue weighted by atomic mass is 32.2. The number of H-pyrrole nitrogens is 1. The minimum absolute atomic E-state index is 0.0526. The molecule has 3 aromatic rings. The van der Waals surface area contributed by atoms with Gasteiger partial charge in [0.15, 0.2) is 9.84 Å². The first-order valence-corrected chi connectivity index (χ1v) is 10.7. The van der Waals surface area contributed by atoms with Gasteiger partial charge in [-0.2, -0.15) is 0 Å². The summed E-state index contributed by atoms with van der Waals surface area (Å²) in [6.45, 7) is 2.36. The van der Waals surface area contributed by atoms with Gasteiger partial charge in [0, 0.05) is 35.3 Å². The molecule has 1 fully saturated rings. The summed E-state index contributed by atoms with van der Waals surface area (Å²) in [6, 6.07) is 8.94. The molecule has 1 N–H and O–H groups in total. The number of aromatic nitrogens is 3. The summed E-state index contributed by atoms with van der Waals surface area (Å²) in [5.41, 5.74) is 3.00. The summed E-state index contributed by atoms with van der Waals surface area (Å²) in [5, 5.41) is 0.919. The Bertz CT molecular complexity index is 1090. The Morgan fingerprint density at radius 3 is 2.67 bits per heavy atom. The molecule has 0 aliphatic carbocycles. The molecule has 1 aliphatic rings. The highest BCUT2D eigenvalue weighted by molar-refractivity contribution is 7.91. The number of sulfone groups is 1. The van der Waals surface area contributed by atoms with Gasteiger partial charge in [-0.3, -0.25) is 4.79 Å². The minimum Gasteiger partial charge on any atom is -0.346 e. The summed E-state index contributed by atoms with van der Waals surface area (Å²) < 4.78 is 23.5. The second-order valence-corrected chi connectivity index (χ2v) is 8.92. The molecule has 1 aliphatic heterocycles. The van der Waals surface area contributed by atoms with Crippen molar-refractivity contribution in [2.45, 2.75) is 19.4 Å². The summed E-state index contributed by atoms with van der Waals surface area (Å²) in [5.74, 6) is 0.0679. The number of hydrogen-bond acceptors (Lipinski definition) is 5. The summed E-state index contributed by atoms with van der Waals surface area (Å²) >= 11 is 0. The molecule has 27 heavy (non-hydrogen) atoms. The maximum absolute atomic E-state index is 12.9. The van der Waals surface area contributed by atoms with E-state index >= 15 is 0 Å². The molecular formula is C19H20N4O3S. The lowest BCUT2D eigenvalue weighted by molar-refractivity contribution is 0.0708. The third-order valence-electron chi connectivity index (χ3n) is 5.01. The maximum atomic E-state index is 12.9. The van der Waals surface area contributed by atoms with Gasteiger partial charge in [0.2, 0.25) is 0 Å². The highest BCUT2D eigenvalue weighted by Crippen LogP contribution is 2.26. The quantitative estimate of drug-likeness (QED) is 0.744. The maximum Gasteiger partial charge on any atom is 0.254 e. The van der Waals surface area contributed by atoms with Crippen LogP contribution in [0.2, 0.25) is 0 Å². The van der Waals surface area contributed by atoms with E-state index in [9.17, 15) is 13.2 Å². The zero-order valence-electron chi connectivity index (χ0n) is 14.9. The van der Waals surface area contributed by atoms with Crippen molar-refractivity contribution in [2.75, 3.05) is 18.1 Å². The Morgan fingerprint density at radius 1 is 1.22 bits per heavy atom. The third-order valence-corrected chi connectivity index (χ3v) is 6.76. The number of rotatable bonds is 4. The van der Waals surface area contributed by atoms with E-state index < -0.39 is 9.84 Å². The number of hydrogen-bond donors (Lipinski definition) is 1. The normalized spacial score (nSPS) is 18.6. The van der Waals surface area contributed by atoms with Gasteiger partial charge in [-0.05, 0) is 31.5 Å². The van der Waals surface area contributed by atoms with Crippen LogP contribution in [0.25, 0.3) is 22.3 Å². The number of amides is 1. The molecular weight excluding hydrogens is 364 g/mol. The van der Waals surface area contributed by atoms with Crippen LogP contribution in [-0.2, 0) is 9.84 Å². The summed E-state index contributed by atoms with van der Waals surface area (Å²) in [4.78, 5) is 26.2. The molecule has 3 heterocycles. The fourth-order valence-electron chi connectivity index (χ4n) is 3.63. The number of carbonyl (C=O) groups excluding carboxylic acids is 1.